The topological polar surface area (TPSA) is 54.9 Å². The van der Waals surface area contributed by atoms with Crippen LogP contribution in [0.4, 0.5) is 0 Å². The van der Waals surface area contributed by atoms with Crippen molar-refractivity contribution < 1.29 is 9.47 Å². The van der Waals surface area contributed by atoms with Crippen LogP contribution in [0.15, 0.2) is 23.2 Å². The van der Waals surface area contributed by atoms with Crippen molar-refractivity contribution in [2.24, 2.45) is 10.9 Å². The highest BCUT2D eigenvalue weighted by Gasteiger charge is 2.20. The third-order valence-corrected chi connectivity index (χ3v) is 3.99. The Kier molecular flexibility index (Phi) is 5.03. The first-order valence-corrected chi connectivity index (χ1v) is 8.26. The molecule has 5 heteroatoms. The summed E-state index contributed by atoms with van der Waals surface area (Å²) in [6, 6.07) is 6.13. The van der Waals surface area contributed by atoms with Gasteiger partial charge in [0.05, 0.1) is 0 Å². The van der Waals surface area contributed by atoms with Gasteiger partial charge in [0.2, 0.25) is 6.79 Å². The molecule has 0 unspecified atom stereocenters. The summed E-state index contributed by atoms with van der Waals surface area (Å²) >= 11 is 0. The van der Waals surface area contributed by atoms with Crippen LogP contribution < -0.4 is 20.1 Å². The van der Waals surface area contributed by atoms with Crippen molar-refractivity contribution in [3.63, 3.8) is 0 Å². The molecule has 5 nitrogen and oxygen atoms in total. The summed E-state index contributed by atoms with van der Waals surface area (Å²) in [6.07, 6.45) is 4.94. The number of aliphatic imine (C=N–C) groups is 1. The zero-order valence-corrected chi connectivity index (χ0v) is 13.2. The third-order valence-electron chi connectivity index (χ3n) is 3.99. The minimum atomic E-state index is 0.329. The molecule has 1 aliphatic carbocycles. The number of nitrogens with one attached hydrogen (secondary N) is 2. The van der Waals surface area contributed by atoms with E-state index in [1.54, 1.807) is 0 Å². The largest absolute Gasteiger partial charge is 0.454 e. The highest BCUT2D eigenvalue weighted by atomic mass is 16.7. The smallest absolute Gasteiger partial charge is 0.231 e. The lowest BCUT2D eigenvalue weighted by molar-refractivity contribution is 0.174. The van der Waals surface area contributed by atoms with Gasteiger partial charge in [-0.25, -0.2) is 0 Å². The Balaban J connectivity index is 1.44. The maximum Gasteiger partial charge on any atom is 0.231 e. The van der Waals surface area contributed by atoms with Crippen LogP contribution >= 0.6 is 0 Å². The summed E-state index contributed by atoms with van der Waals surface area (Å²) in [5.41, 5.74) is 1.24. The van der Waals surface area contributed by atoms with E-state index in [9.17, 15) is 0 Å². The van der Waals surface area contributed by atoms with Crippen LogP contribution in [0, 0.1) is 5.92 Å². The van der Waals surface area contributed by atoms with Crippen molar-refractivity contribution >= 4 is 5.96 Å². The standard InChI is InChI=1S/C17H25N3O2/c1-2-18-17(19-9-7-13-3-4-13)20-10-8-14-5-6-15-16(11-14)22-12-21-15/h5-6,11,13H,2-4,7-10,12H2,1H3,(H2,18,19,20). The summed E-state index contributed by atoms with van der Waals surface area (Å²) in [4.78, 5) is 4.63. The van der Waals surface area contributed by atoms with Crippen LogP contribution in [0.1, 0.15) is 31.7 Å². The van der Waals surface area contributed by atoms with Crippen LogP contribution in [0.25, 0.3) is 0 Å². The second-order valence-electron chi connectivity index (χ2n) is 5.86. The molecule has 3 rings (SSSR count). The normalized spacial score (nSPS) is 16.7. The van der Waals surface area contributed by atoms with Gasteiger partial charge in [0, 0.05) is 19.6 Å². The first kappa shape index (κ1) is 15.0. The Morgan fingerprint density at radius 3 is 2.91 bits per heavy atom. The number of fused-ring (bicyclic) bond motifs is 1. The van der Waals surface area contributed by atoms with Gasteiger partial charge >= 0.3 is 0 Å². The molecule has 1 heterocycles. The van der Waals surface area contributed by atoms with Crippen molar-refractivity contribution in [2.45, 2.75) is 32.6 Å². The fourth-order valence-corrected chi connectivity index (χ4v) is 2.53. The van der Waals surface area contributed by atoms with Gasteiger partial charge in [0.25, 0.3) is 0 Å². The van der Waals surface area contributed by atoms with Gasteiger partial charge in [-0.3, -0.25) is 4.99 Å². The van der Waals surface area contributed by atoms with E-state index in [1.165, 1.54) is 24.8 Å². The van der Waals surface area contributed by atoms with Crippen molar-refractivity contribution in [1.29, 1.82) is 0 Å². The third kappa shape index (κ3) is 4.29. The van der Waals surface area contributed by atoms with Crippen molar-refractivity contribution in [3.05, 3.63) is 23.8 Å². The molecule has 0 aromatic heterocycles. The Hall–Kier alpha value is -1.91. The molecule has 0 atom stereocenters. The first-order chi connectivity index (χ1) is 10.8. The zero-order chi connectivity index (χ0) is 15.2. The summed E-state index contributed by atoms with van der Waals surface area (Å²) in [5, 5.41) is 6.70. The zero-order valence-electron chi connectivity index (χ0n) is 13.2. The summed E-state index contributed by atoms with van der Waals surface area (Å²) < 4.78 is 10.7. The molecule has 0 radical (unpaired) electrons. The molecule has 0 bridgehead atoms. The average Bonchev–Trinajstić information content (AvgIpc) is 3.22. The quantitative estimate of drug-likeness (QED) is 0.599. The summed E-state index contributed by atoms with van der Waals surface area (Å²) in [5.74, 6) is 3.54. The van der Waals surface area contributed by atoms with E-state index < -0.39 is 0 Å². The van der Waals surface area contributed by atoms with Crippen LogP contribution in [0.3, 0.4) is 0 Å². The van der Waals surface area contributed by atoms with E-state index in [0.29, 0.717) is 6.79 Å². The fraction of sp³-hybridized carbons (Fsp3) is 0.588. The average molecular weight is 303 g/mol. The predicted octanol–water partition coefficient (Wildman–Crippen LogP) is 2.31. The summed E-state index contributed by atoms with van der Waals surface area (Å²) in [6.45, 7) is 5.09. The van der Waals surface area contributed by atoms with E-state index >= 15 is 0 Å². The number of ether oxygens (including phenoxy) is 2. The lowest BCUT2D eigenvalue weighted by atomic mass is 10.1. The van der Waals surface area contributed by atoms with Crippen LogP contribution in [0.5, 0.6) is 11.5 Å². The molecule has 1 saturated carbocycles. The molecule has 0 amide bonds. The molecule has 2 aliphatic rings. The molecule has 120 valence electrons. The maximum absolute atomic E-state index is 5.41. The lowest BCUT2D eigenvalue weighted by Gasteiger charge is -2.11. The maximum atomic E-state index is 5.41. The summed E-state index contributed by atoms with van der Waals surface area (Å²) in [7, 11) is 0. The number of nitrogens with zero attached hydrogens (tertiary/aromatic N) is 1. The first-order valence-electron chi connectivity index (χ1n) is 8.26. The van der Waals surface area contributed by atoms with Gasteiger partial charge in [-0.05, 0) is 43.4 Å². The minimum absolute atomic E-state index is 0.329. The molecular formula is C17H25N3O2. The van der Waals surface area contributed by atoms with Crippen molar-refractivity contribution in [3.8, 4) is 11.5 Å². The SMILES string of the molecule is CCNC(=NCCC1CC1)NCCc1ccc2c(c1)OCO2. The minimum Gasteiger partial charge on any atom is -0.454 e. The Labute approximate surface area is 132 Å². The highest BCUT2D eigenvalue weighted by molar-refractivity contribution is 5.79. The predicted molar refractivity (Wildman–Crippen MR) is 87.6 cm³/mol. The molecule has 1 aromatic rings. The van der Waals surface area contributed by atoms with E-state index in [2.05, 4.69) is 34.7 Å². The number of benzene rings is 1. The molecule has 1 aliphatic heterocycles. The molecule has 1 fully saturated rings. The van der Waals surface area contributed by atoms with Crippen LogP contribution in [0.2, 0.25) is 0 Å². The van der Waals surface area contributed by atoms with Gasteiger partial charge in [-0.15, -0.1) is 0 Å². The van der Waals surface area contributed by atoms with E-state index in [0.717, 1.165) is 49.4 Å². The highest BCUT2D eigenvalue weighted by Crippen LogP contribution is 2.32. The number of guanidine groups is 1. The van der Waals surface area contributed by atoms with Gasteiger partial charge in [0.1, 0.15) is 0 Å². The molecule has 2 N–H and O–H groups in total. The number of rotatable bonds is 7. The fourth-order valence-electron chi connectivity index (χ4n) is 2.53. The Bertz CT molecular complexity index is 527. The van der Waals surface area contributed by atoms with E-state index in [1.807, 2.05) is 6.07 Å². The number of hydrogen-bond donors (Lipinski definition) is 2. The van der Waals surface area contributed by atoms with Crippen LogP contribution in [-0.2, 0) is 6.42 Å². The molecule has 0 spiro atoms. The van der Waals surface area contributed by atoms with E-state index in [-0.39, 0.29) is 0 Å². The number of hydrogen-bond acceptors (Lipinski definition) is 3. The van der Waals surface area contributed by atoms with E-state index in [4.69, 9.17) is 9.47 Å². The van der Waals surface area contributed by atoms with Gasteiger partial charge in [0.15, 0.2) is 17.5 Å². The molecule has 22 heavy (non-hydrogen) atoms. The second-order valence-corrected chi connectivity index (χ2v) is 5.86. The monoisotopic (exact) mass is 303 g/mol. The Morgan fingerprint density at radius 2 is 2.09 bits per heavy atom. The van der Waals surface area contributed by atoms with Crippen molar-refractivity contribution in [2.75, 3.05) is 26.4 Å². The van der Waals surface area contributed by atoms with Crippen molar-refractivity contribution in [1.82, 2.24) is 10.6 Å². The second kappa shape index (κ2) is 7.38. The molecular weight excluding hydrogens is 278 g/mol. The molecule has 0 saturated heterocycles. The van der Waals surface area contributed by atoms with Gasteiger partial charge in [-0.2, -0.15) is 0 Å². The Morgan fingerprint density at radius 1 is 1.23 bits per heavy atom. The van der Waals surface area contributed by atoms with Crippen LogP contribution in [-0.4, -0.2) is 32.4 Å². The van der Waals surface area contributed by atoms with Gasteiger partial charge < -0.3 is 20.1 Å². The van der Waals surface area contributed by atoms with Gasteiger partial charge in [-0.1, -0.05) is 18.9 Å². The molecule has 1 aromatic carbocycles. The lowest BCUT2D eigenvalue weighted by Crippen LogP contribution is -2.38.